The van der Waals surface area contributed by atoms with Crippen molar-refractivity contribution in [3.05, 3.63) is 11.8 Å². The second-order valence-corrected chi connectivity index (χ2v) is 6.19. The van der Waals surface area contributed by atoms with Crippen molar-refractivity contribution in [3.63, 3.8) is 0 Å². The van der Waals surface area contributed by atoms with E-state index in [0.29, 0.717) is 24.5 Å². The standard InChI is InChI=1S/C16H26N4O2/c21-8-7-17-16-19-14(12-6-9-22-11-12)10-15(20-16)18-13-4-2-1-3-5-13/h10,12-13,21H,1-9,11H2,(H2,17,18,19,20). The number of ether oxygens (including phenoxy) is 1. The Morgan fingerprint density at radius 2 is 2.05 bits per heavy atom. The Morgan fingerprint density at radius 3 is 2.77 bits per heavy atom. The monoisotopic (exact) mass is 306 g/mol. The van der Waals surface area contributed by atoms with Gasteiger partial charge in [0, 0.05) is 31.2 Å². The van der Waals surface area contributed by atoms with Crippen LogP contribution in [0.1, 0.15) is 50.1 Å². The van der Waals surface area contributed by atoms with Gasteiger partial charge >= 0.3 is 0 Å². The van der Waals surface area contributed by atoms with Gasteiger partial charge < -0.3 is 20.5 Å². The Balaban J connectivity index is 1.75. The lowest BCUT2D eigenvalue weighted by molar-refractivity contribution is 0.193. The zero-order valence-corrected chi connectivity index (χ0v) is 13.1. The zero-order chi connectivity index (χ0) is 15.2. The molecule has 1 unspecified atom stereocenters. The number of rotatable bonds is 6. The molecule has 2 aliphatic rings. The first kappa shape index (κ1) is 15.5. The minimum absolute atomic E-state index is 0.0749. The summed E-state index contributed by atoms with van der Waals surface area (Å²) in [5, 5.41) is 15.6. The van der Waals surface area contributed by atoms with Gasteiger partial charge in [0.05, 0.1) is 18.9 Å². The molecular weight excluding hydrogens is 280 g/mol. The molecule has 6 heteroatoms. The molecule has 3 rings (SSSR count). The number of aromatic nitrogens is 2. The number of nitrogens with one attached hydrogen (secondary N) is 2. The fourth-order valence-corrected chi connectivity index (χ4v) is 3.22. The molecular formula is C16H26N4O2. The van der Waals surface area contributed by atoms with Crippen molar-refractivity contribution in [3.8, 4) is 0 Å². The number of hydrogen-bond acceptors (Lipinski definition) is 6. The van der Waals surface area contributed by atoms with Crippen molar-refractivity contribution in [2.75, 3.05) is 37.0 Å². The van der Waals surface area contributed by atoms with Gasteiger partial charge in [0.25, 0.3) is 0 Å². The van der Waals surface area contributed by atoms with E-state index in [1.54, 1.807) is 0 Å². The minimum atomic E-state index is 0.0749. The van der Waals surface area contributed by atoms with Crippen LogP contribution in [0.2, 0.25) is 0 Å². The molecule has 1 aromatic rings. The van der Waals surface area contributed by atoms with Crippen molar-refractivity contribution in [2.24, 2.45) is 0 Å². The van der Waals surface area contributed by atoms with E-state index >= 15 is 0 Å². The van der Waals surface area contributed by atoms with Crippen LogP contribution in [0.25, 0.3) is 0 Å². The molecule has 0 aromatic carbocycles. The summed E-state index contributed by atoms with van der Waals surface area (Å²) in [6.45, 7) is 2.08. The lowest BCUT2D eigenvalue weighted by atomic mass is 9.95. The number of anilines is 2. The molecule has 0 spiro atoms. The van der Waals surface area contributed by atoms with Crippen LogP contribution in [0, 0.1) is 0 Å². The zero-order valence-electron chi connectivity index (χ0n) is 13.1. The fraction of sp³-hybridized carbons (Fsp3) is 0.750. The third-order valence-electron chi connectivity index (χ3n) is 4.45. The molecule has 122 valence electrons. The van der Waals surface area contributed by atoms with E-state index in [1.807, 2.05) is 0 Å². The molecule has 1 saturated carbocycles. The van der Waals surface area contributed by atoms with Gasteiger partial charge in [0.15, 0.2) is 0 Å². The van der Waals surface area contributed by atoms with Gasteiger partial charge in [0.2, 0.25) is 5.95 Å². The van der Waals surface area contributed by atoms with Gasteiger partial charge in [0.1, 0.15) is 5.82 Å². The van der Waals surface area contributed by atoms with Crippen molar-refractivity contribution in [1.82, 2.24) is 9.97 Å². The maximum atomic E-state index is 8.99. The fourth-order valence-electron chi connectivity index (χ4n) is 3.22. The van der Waals surface area contributed by atoms with Gasteiger partial charge in [-0.25, -0.2) is 4.98 Å². The van der Waals surface area contributed by atoms with E-state index < -0.39 is 0 Å². The predicted molar refractivity (Wildman–Crippen MR) is 86.3 cm³/mol. The summed E-state index contributed by atoms with van der Waals surface area (Å²) >= 11 is 0. The van der Waals surface area contributed by atoms with Crippen LogP contribution in [0.5, 0.6) is 0 Å². The highest BCUT2D eigenvalue weighted by atomic mass is 16.5. The number of aliphatic hydroxyl groups is 1. The van der Waals surface area contributed by atoms with E-state index in [0.717, 1.165) is 31.1 Å². The van der Waals surface area contributed by atoms with Crippen molar-refractivity contribution in [1.29, 1.82) is 0 Å². The molecule has 1 saturated heterocycles. The van der Waals surface area contributed by atoms with Gasteiger partial charge in [-0.15, -0.1) is 0 Å². The summed E-state index contributed by atoms with van der Waals surface area (Å²) in [5.74, 6) is 1.84. The summed E-state index contributed by atoms with van der Waals surface area (Å²) in [4.78, 5) is 9.14. The van der Waals surface area contributed by atoms with Gasteiger partial charge in [-0.2, -0.15) is 4.98 Å². The Morgan fingerprint density at radius 1 is 1.18 bits per heavy atom. The Labute approximate surface area is 131 Å². The quantitative estimate of drug-likeness (QED) is 0.747. The first-order chi connectivity index (χ1) is 10.8. The lowest BCUT2D eigenvalue weighted by Crippen LogP contribution is -2.23. The topological polar surface area (TPSA) is 79.3 Å². The molecule has 0 amide bonds. The summed E-state index contributed by atoms with van der Waals surface area (Å²) in [6.07, 6.45) is 7.37. The summed E-state index contributed by atoms with van der Waals surface area (Å²) in [5.41, 5.74) is 1.03. The molecule has 6 nitrogen and oxygen atoms in total. The SMILES string of the molecule is OCCNc1nc(NC2CCCCC2)cc(C2CCOC2)n1. The minimum Gasteiger partial charge on any atom is -0.395 e. The highest BCUT2D eigenvalue weighted by molar-refractivity contribution is 5.44. The normalized spacial score (nSPS) is 22.7. The molecule has 2 heterocycles. The molecule has 3 N–H and O–H groups in total. The van der Waals surface area contributed by atoms with Crippen molar-refractivity contribution in [2.45, 2.75) is 50.5 Å². The maximum Gasteiger partial charge on any atom is 0.224 e. The van der Waals surface area contributed by atoms with Crippen LogP contribution < -0.4 is 10.6 Å². The molecule has 1 atom stereocenters. The third kappa shape index (κ3) is 4.08. The van der Waals surface area contributed by atoms with Crippen molar-refractivity contribution < 1.29 is 9.84 Å². The third-order valence-corrected chi connectivity index (χ3v) is 4.45. The molecule has 0 bridgehead atoms. The Hall–Kier alpha value is -1.40. The highest BCUT2D eigenvalue weighted by Crippen LogP contribution is 2.27. The number of aliphatic hydroxyl groups excluding tert-OH is 1. The average molecular weight is 306 g/mol. The Kier molecular flexibility index (Phi) is 5.45. The Bertz CT molecular complexity index is 471. The second-order valence-electron chi connectivity index (χ2n) is 6.19. The molecule has 1 aliphatic heterocycles. The van der Waals surface area contributed by atoms with E-state index in [9.17, 15) is 0 Å². The molecule has 1 aromatic heterocycles. The first-order valence-corrected chi connectivity index (χ1v) is 8.43. The van der Waals surface area contributed by atoms with Crippen LogP contribution in [0.4, 0.5) is 11.8 Å². The van der Waals surface area contributed by atoms with Crippen LogP contribution in [0.15, 0.2) is 6.07 Å². The average Bonchev–Trinajstić information content (AvgIpc) is 3.08. The van der Waals surface area contributed by atoms with Crippen LogP contribution in [-0.4, -0.2) is 47.5 Å². The second kappa shape index (κ2) is 7.74. The molecule has 22 heavy (non-hydrogen) atoms. The largest absolute Gasteiger partial charge is 0.395 e. The van der Waals surface area contributed by atoms with E-state index in [-0.39, 0.29) is 6.61 Å². The summed E-state index contributed by atoms with van der Waals surface area (Å²) in [7, 11) is 0. The van der Waals surface area contributed by atoms with Gasteiger partial charge in [-0.3, -0.25) is 0 Å². The molecule has 0 radical (unpaired) electrons. The molecule has 1 aliphatic carbocycles. The predicted octanol–water partition coefficient (Wildman–Crippen LogP) is 2.13. The maximum absolute atomic E-state index is 8.99. The summed E-state index contributed by atoms with van der Waals surface area (Å²) < 4.78 is 5.48. The van der Waals surface area contributed by atoms with Gasteiger partial charge in [-0.05, 0) is 19.3 Å². The van der Waals surface area contributed by atoms with Crippen molar-refractivity contribution >= 4 is 11.8 Å². The number of nitrogens with zero attached hydrogens (tertiary/aromatic N) is 2. The van der Waals surface area contributed by atoms with Crippen LogP contribution in [-0.2, 0) is 4.74 Å². The summed E-state index contributed by atoms with van der Waals surface area (Å²) in [6, 6.07) is 2.58. The highest BCUT2D eigenvalue weighted by Gasteiger charge is 2.21. The van der Waals surface area contributed by atoms with Gasteiger partial charge in [-0.1, -0.05) is 19.3 Å². The smallest absolute Gasteiger partial charge is 0.224 e. The number of hydrogen-bond donors (Lipinski definition) is 3. The lowest BCUT2D eigenvalue weighted by Gasteiger charge is -2.24. The van der Waals surface area contributed by atoms with E-state index in [4.69, 9.17) is 9.84 Å². The first-order valence-electron chi connectivity index (χ1n) is 8.43. The van der Waals surface area contributed by atoms with E-state index in [1.165, 1.54) is 32.1 Å². The van der Waals surface area contributed by atoms with Crippen LogP contribution >= 0.6 is 0 Å². The van der Waals surface area contributed by atoms with Crippen LogP contribution in [0.3, 0.4) is 0 Å². The molecule has 2 fully saturated rings. The van der Waals surface area contributed by atoms with E-state index in [2.05, 4.69) is 26.7 Å².